The molecule has 0 heterocycles. The molecule has 0 aromatic carbocycles. The molecule has 4 bridgehead atoms. The first-order valence-electron chi connectivity index (χ1n) is 10.3. The van der Waals surface area contributed by atoms with Crippen molar-refractivity contribution in [3.05, 3.63) is 0 Å². The molecule has 0 radical (unpaired) electrons. The van der Waals surface area contributed by atoms with Gasteiger partial charge in [-0.25, -0.2) is 16.8 Å². The Balaban J connectivity index is 0.000000301. The van der Waals surface area contributed by atoms with Gasteiger partial charge in [0, 0.05) is 23.7 Å². The molecule has 4 saturated carbocycles. The van der Waals surface area contributed by atoms with E-state index in [1.807, 2.05) is 27.7 Å². The summed E-state index contributed by atoms with van der Waals surface area (Å²) in [5, 5.41) is 0. The van der Waals surface area contributed by atoms with E-state index in [-0.39, 0.29) is 93.3 Å². The van der Waals surface area contributed by atoms with Crippen molar-refractivity contribution in [2.24, 2.45) is 33.5 Å². The number of hydrogen-bond acceptors (Lipinski definition) is 8. The molecule has 12 heteroatoms. The van der Waals surface area contributed by atoms with Gasteiger partial charge in [0.1, 0.15) is 11.6 Å². The minimum atomic E-state index is -4.33. The van der Waals surface area contributed by atoms with E-state index in [4.69, 9.17) is 0 Å². The van der Waals surface area contributed by atoms with Crippen LogP contribution in [0.1, 0.15) is 66.2 Å². The Kier molecular flexibility index (Phi) is 9.32. The molecule has 0 saturated heterocycles. The maximum atomic E-state index is 11.8. The topological polar surface area (TPSA) is 149 Å². The third kappa shape index (κ3) is 5.02. The van der Waals surface area contributed by atoms with Crippen molar-refractivity contribution < 1.29 is 94.6 Å². The maximum Gasteiger partial charge on any atom is 1.00 e. The van der Waals surface area contributed by atoms with E-state index in [2.05, 4.69) is 0 Å². The number of carbonyl (C=O) groups excluding carboxylic acids is 2. The summed E-state index contributed by atoms with van der Waals surface area (Å²) in [4.78, 5) is 23.7. The van der Waals surface area contributed by atoms with Gasteiger partial charge in [0.05, 0.1) is 31.7 Å². The number of rotatable bonds is 4. The Morgan fingerprint density at radius 3 is 1.16 bits per heavy atom. The summed E-state index contributed by atoms with van der Waals surface area (Å²) in [5.74, 6) is -0.560. The van der Waals surface area contributed by atoms with Crippen LogP contribution in [0.3, 0.4) is 0 Å². The fourth-order valence-electron chi connectivity index (χ4n) is 6.82. The first kappa shape index (κ1) is 31.2. The smallest absolute Gasteiger partial charge is 0.748 e. The standard InChI is InChI=1S/2C10H16O4S.2Na/c2*1-9(2)7-3-4-10(9,8(11)5-7)6-15(12,13)14;;/h2*7H,3-6H2,1-2H3,(H,12,13,14);;/q;;2*+1/p-2. The molecule has 4 rings (SSSR count). The van der Waals surface area contributed by atoms with Gasteiger partial charge in [0.25, 0.3) is 0 Å². The molecule has 0 spiro atoms. The summed E-state index contributed by atoms with van der Waals surface area (Å²) in [6.45, 7) is 7.67. The van der Waals surface area contributed by atoms with Crippen molar-refractivity contribution >= 4 is 31.8 Å². The Labute approximate surface area is 235 Å². The molecular formula is C20H30Na2O8S2. The van der Waals surface area contributed by atoms with Gasteiger partial charge >= 0.3 is 59.1 Å². The quantitative estimate of drug-likeness (QED) is 0.275. The van der Waals surface area contributed by atoms with Gasteiger partial charge in [-0.05, 0) is 48.3 Å². The van der Waals surface area contributed by atoms with Crippen LogP contribution in [-0.2, 0) is 29.8 Å². The number of Topliss-reactive ketones (excluding diaryl/α,β-unsaturated/α-hetero) is 2. The van der Waals surface area contributed by atoms with Crippen molar-refractivity contribution in [2.45, 2.75) is 66.2 Å². The number of hydrogen-bond donors (Lipinski definition) is 0. The van der Waals surface area contributed by atoms with Gasteiger partial charge in [0.2, 0.25) is 0 Å². The summed E-state index contributed by atoms with van der Waals surface area (Å²) in [6, 6.07) is 0. The zero-order chi connectivity index (χ0) is 23.0. The summed E-state index contributed by atoms with van der Waals surface area (Å²) < 4.78 is 65.4. The molecule has 4 aliphatic rings. The predicted octanol–water partition coefficient (Wildman–Crippen LogP) is -4.14. The Hall–Kier alpha value is 1.16. The Morgan fingerprint density at radius 2 is 1.00 bits per heavy atom. The SMILES string of the molecule is CC1(C)C2CCC1(CS(=O)(=O)[O-])C(=O)C2.CC1(C)C2CCC1(CS(=O)(=O)[O-])C(=O)C2.[Na+].[Na+]. The molecule has 172 valence electrons. The number of carbonyl (C=O) groups is 2. The number of ketones is 2. The zero-order valence-electron chi connectivity index (χ0n) is 19.9. The second-order valence-electron chi connectivity index (χ2n) is 10.7. The molecule has 4 unspecified atom stereocenters. The second-order valence-corrected chi connectivity index (χ2v) is 13.5. The fourth-order valence-corrected chi connectivity index (χ4v) is 9.38. The van der Waals surface area contributed by atoms with Crippen molar-refractivity contribution in [2.75, 3.05) is 11.5 Å². The molecule has 4 atom stereocenters. The van der Waals surface area contributed by atoms with Crippen LogP contribution in [0.2, 0.25) is 0 Å². The van der Waals surface area contributed by atoms with Crippen molar-refractivity contribution in [1.82, 2.24) is 0 Å². The van der Waals surface area contributed by atoms with Crippen molar-refractivity contribution in [3.8, 4) is 0 Å². The molecule has 0 aromatic rings. The number of fused-ring (bicyclic) bond motifs is 4. The molecular weight excluding hydrogens is 478 g/mol. The Bertz CT molecular complexity index is 909. The summed E-state index contributed by atoms with van der Waals surface area (Å²) >= 11 is 0. The van der Waals surface area contributed by atoms with Crippen LogP contribution in [0, 0.1) is 33.5 Å². The van der Waals surface area contributed by atoms with E-state index in [0.717, 1.165) is 12.8 Å². The van der Waals surface area contributed by atoms with Crippen LogP contribution in [0.4, 0.5) is 0 Å². The molecule has 4 fully saturated rings. The monoisotopic (exact) mass is 508 g/mol. The second kappa shape index (κ2) is 9.56. The fraction of sp³-hybridized carbons (Fsp3) is 0.900. The van der Waals surface area contributed by atoms with Crippen LogP contribution < -0.4 is 59.1 Å². The minimum Gasteiger partial charge on any atom is -0.748 e. The maximum absolute atomic E-state index is 11.8. The molecule has 4 aliphatic carbocycles. The van der Waals surface area contributed by atoms with Crippen molar-refractivity contribution in [1.29, 1.82) is 0 Å². The molecule has 0 aromatic heterocycles. The van der Waals surface area contributed by atoms with E-state index < -0.39 is 42.6 Å². The molecule has 0 aliphatic heterocycles. The van der Waals surface area contributed by atoms with E-state index >= 15 is 0 Å². The third-order valence-corrected chi connectivity index (χ3v) is 10.8. The predicted molar refractivity (Wildman–Crippen MR) is 106 cm³/mol. The van der Waals surface area contributed by atoms with Gasteiger partial charge in [-0.2, -0.15) is 0 Å². The van der Waals surface area contributed by atoms with Crippen LogP contribution in [-0.4, -0.2) is 49.0 Å². The first-order valence-corrected chi connectivity index (χ1v) is 13.5. The van der Waals surface area contributed by atoms with E-state index in [1.165, 1.54) is 0 Å². The van der Waals surface area contributed by atoms with Gasteiger partial charge in [-0.3, -0.25) is 9.59 Å². The molecule has 8 nitrogen and oxygen atoms in total. The normalized spacial score (nSPS) is 36.2. The van der Waals surface area contributed by atoms with Crippen LogP contribution in [0.5, 0.6) is 0 Å². The van der Waals surface area contributed by atoms with Gasteiger partial charge in [-0.1, -0.05) is 27.7 Å². The molecule has 0 N–H and O–H groups in total. The van der Waals surface area contributed by atoms with Crippen molar-refractivity contribution in [3.63, 3.8) is 0 Å². The summed E-state index contributed by atoms with van der Waals surface area (Å²) in [5.41, 5.74) is -2.44. The average molecular weight is 509 g/mol. The zero-order valence-corrected chi connectivity index (χ0v) is 25.5. The van der Waals surface area contributed by atoms with Gasteiger partial charge < -0.3 is 9.11 Å². The van der Waals surface area contributed by atoms with E-state index in [1.54, 1.807) is 0 Å². The van der Waals surface area contributed by atoms with Gasteiger partial charge in [0.15, 0.2) is 0 Å². The van der Waals surface area contributed by atoms with Crippen LogP contribution in [0.25, 0.3) is 0 Å². The van der Waals surface area contributed by atoms with Crippen LogP contribution in [0.15, 0.2) is 0 Å². The summed E-state index contributed by atoms with van der Waals surface area (Å²) in [7, 11) is -8.65. The minimum absolute atomic E-state index is 0. The average Bonchev–Trinajstić information content (AvgIpc) is 3.05. The van der Waals surface area contributed by atoms with Gasteiger partial charge in [-0.15, -0.1) is 0 Å². The molecule has 32 heavy (non-hydrogen) atoms. The molecule has 0 amide bonds. The van der Waals surface area contributed by atoms with E-state index in [0.29, 0.717) is 25.7 Å². The van der Waals surface area contributed by atoms with Crippen LogP contribution >= 0.6 is 0 Å². The first-order chi connectivity index (χ1) is 13.4. The largest absolute Gasteiger partial charge is 1.00 e. The van der Waals surface area contributed by atoms with E-state index in [9.17, 15) is 35.5 Å². The summed E-state index contributed by atoms with van der Waals surface area (Å²) in [6.07, 6.45) is 3.75. The Morgan fingerprint density at radius 1 is 0.719 bits per heavy atom. The third-order valence-electron chi connectivity index (χ3n) is 9.12.